The van der Waals surface area contributed by atoms with E-state index in [1.54, 1.807) is 11.8 Å². The lowest BCUT2D eigenvalue weighted by Gasteiger charge is -2.09. The molecule has 0 spiro atoms. The molecule has 0 saturated carbocycles. The van der Waals surface area contributed by atoms with Gasteiger partial charge in [0.2, 0.25) is 5.91 Å². The molecule has 1 unspecified atom stereocenters. The van der Waals surface area contributed by atoms with Crippen LogP contribution in [-0.4, -0.2) is 31.3 Å². The molecule has 3 nitrogen and oxygen atoms in total. The van der Waals surface area contributed by atoms with Crippen molar-refractivity contribution in [2.24, 2.45) is 5.92 Å². The molecule has 22 heavy (non-hydrogen) atoms. The van der Waals surface area contributed by atoms with E-state index in [1.165, 1.54) is 22.4 Å². The Bertz CT molecular complexity index is 476. The van der Waals surface area contributed by atoms with E-state index in [-0.39, 0.29) is 18.3 Å². The fourth-order valence-electron chi connectivity index (χ4n) is 2.53. The van der Waals surface area contributed by atoms with Crippen molar-refractivity contribution in [2.45, 2.75) is 38.0 Å². The minimum atomic E-state index is 0. The molecule has 1 aromatic rings. The predicted octanol–water partition coefficient (Wildman–Crippen LogP) is 3.32. The van der Waals surface area contributed by atoms with E-state index in [0.29, 0.717) is 6.42 Å². The van der Waals surface area contributed by atoms with Gasteiger partial charge in [0.15, 0.2) is 0 Å². The van der Waals surface area contributed by atoms with Crippen LogP contribution in [0.15, 0.2) is 23.1 Å². The van der Waals surface area contributed by atoms with Crippen LogP contribution >= 0.6 is 24.2 Å². The van der Waals surface area contributed by atoms with Gasteiger partial charge in [-0.2, -0.15) is 0 Å². The molecule has 1 aliphatic rings. The van der Waals surface area contributed by atoms with Gasteiger partial charge < -0.3 is 10.6 Å². The zero-order chi connectivity index (χ0) is 15.1. The topological polar surface area (TPSA) is 41.1 Å². The van der Waals surface area contributed by atoms with E-state index in [9.17, 15) is 4.79 Å². The van der Waals surface area contributed by atoms with Crippen LogP contribution in [0.1, 0.15) is 30.4 Å². The van der Waals surface area contributed by atoms with Gasteiger partial charge >= 0.3 is 0 Å². The Labute approximate surface area is 144 Å². The van der Waals surface area contributed by atoms with Gasteiger partial charge in [0.05, 0.1) is 0 Å². The molecular weight excluding hydrogens is 316 g/mol. The number of carbonyl (C=O) groups excluding carboxylic acids is 1. The van der Waals surface area contributed by atoms with Crippen molar-refractivity contribution in [1.29, 1.82) is 0 Å². The third-order valence-electron chi connectivity index (χ3n) is 4.11. The molecule has 0 bridgehead atoms. The highest BCUT2D eigenvalue weighted by atomic mass is 35.5. The molecule has 5 heteroatoms. The van der Waals surface area contributed by atoms with E-state index >= 15 is 0 Å². The summed E-state index contributed by atoms with van der Waals surface area (Å²) < 4.78 is 0. The number of carbonyl (C=O) groups is 1. The Morgan fingerprint density at radius 3 is 2.86 bits per heavy atom. The number of nitrogens with one attached hydrogen (secondary N) is 2. The summed E-state index contributed by atoms with van der Waals surface area (Å²) in [6.45, 7) is 7.31. The van der Waals surface area contributed by atoms with E-state index in [4.69, 9.17) is 0 Å². The average Bonchev–Trinajstić information content (AvgIpc) is 2.96. The van der Waals surface area contributed by atoms with Crippen molar-refractivity contribution in [3.8, 4) is 0 Å². The summed E-state index contributed by atoms with van der Waals surface area (Å²) in [4.78, 5) is 13.0. The van der Waals surface area contributed by atoms with Crippen LogP contribution in [0.2, 0.25) is 0 Å². The third kappa shape index (κ3) is 6.59. The van der Waals surface area contributed by atoms with Gasteiger partial charge in [0.1, 0.15) is 0 Å². The summed E-state index contributed by atoms with van der Waals surface area (Å²) in [5.41, 5.74) is 2.63. The average molecular weight is 343 g/mol. The Balaban J connectivity index is 0.00000242. The Morgan fingerprint density at radius 2 is 2.18 bits per heavy atom. The molecule has 2 rings (SSSR count). The molecule has 0 radical (unpaired) electrons. The fourth-order valence-corrected chi connectivity index (χ4v) is 3.48. The van der Waals surface area contributed by atoms with Crippen LogP contribution in [0.5, 0.6) is 0 Å². The molecule has 1 aliphatic heterocycles. The number of thioether (sulfide) groups is 1. The maximum Gasteiger partial charge on any atom is 0.220 e. The predicted molar refractivity (Wildman–Crippen MR) is 97.1 cm³/mol. The van der Waals surface area contributed by atoms with E-state index < -0.39 is 0 Å². The fraction of sp³-hybridized carbons (Fsp3) is 0.588. The second kappa shape index (κ2) is 10.1. The summed E-state index contributed by atoms with van der Waals surface area (Å²) in [6.07, 6.45) is 2.95. The standard InChI is InChI=1S/C17H26N2OS.ClH/c1-13-3-4-16(11-14(13)2)21-10-7-17(20)19-9-6-15-5-8-18-12-15;/h3-4,11,15,18H,5-10,12H2,1-2H3,(H,19,20);1H. The molecule has 1 fully saturated rings. The molecule has 0 aliphatic carbocycles. The minimum Gasteiger partial charge on any atom is -0.356 e. The first-order chi connectivity index (χ1) is 10.1. The Hall–Kier alpha value is -0.710. The van der Waals surface area contributed by atoms with Crippen molar-refractivity contribution < 1.29 is 4.79 Å². The zero-order valence-electron chi connectivity index (χ0n) is 13.5. The SMILES string of the molecule is Cc1ccc(SCCC(=O)NCCC2CCNC2)cc1C.Cl. The largest absolute Gasteiger partial charge is 0.356 e. The van der Waals surface area contributed by atoms with Crippen molar-refractivity contribution >= 4 is 30.1 Å². The number of aryl methyl sites for hydroxylation is 2. The highest BCUT2D eigenvalue weighted by Crippen LogP contribution is 2.21. The quantitative estimate of drug-likeness (QED) is 0.747. The lowest BCUT2D eigenvalue weighted by atomic mass is 10.1. The van der Waals surface area contributed by atoms with Crippen LogP contribution in [-0.2, 0) is 4.79 Å². The highest BCUT2D eigenvalue weighted by Gasteiger charge is 2.13. The van der Waals surface area contributed by atoms with Crippen LogP contribution < -0.4 is 10.6 Å². The maximum atomic E-state index is 11.8. The van der Waals surface area contributed by atoms with E-state index in [0.717, 1.165) is 37.7 Å². The van der Waals surface area contributed by atoms with Gasteiger partial charge in [-0.3, -0.25) is 4.79 Å². The van der Waals surface area contributed by atoms with E-state index in [1.807, 2.05) is 0 Å². The van der Waals surface area contributed by atoms with Crippen molar-refractivity contribution in [3.63, 3.8) is 0 Å². The van der Waals surface area contributed by atoms with Crippen molar-refractivity contribution in [1.82, 2.24) is 10.6 Å². The molecule has 1 atom stereocenters. The normalized spacial score (nSPS) is 17.1. The van der Waals surface area contributed by atoms with Gasteiger partial charge in [-0.25, -0.2) is 0 Å². The van der Waals surface area contributed by atoms with Crippen LogP contribution in [0.25, 0.3) is 0 Å². The lowest BCUT2D eigenvalue weighted by Crippen LogP contribution is -2.26. The maximum absolute atomic E-state index is 11.8. The van der Waals surface area contributed by atoms with Crippen LogP contribution in [0.4, 0.5) is 0 Å². The highest BCUT2D eigenvalue weighted by molar-refractivity contribution is 7.99. The first kappa shape index (κ1) is 19.3. The van der Waals surface area contributed by atoms with Gasteiger partial charge in [-0.1, -0.05) is 6.07 Å². The lowest BCUT2D eigenvalue weighted by molar-refractivity contribution is -0.120. The molecule has 1 saturated heterocycles. The van der Waals surface area contributed by atoms with Gasteiger partial charge in [-0.05, 0) is 69.0 Å². The van der Waals surface area contributed by atoms with Crippen molar-refractivity contribution in [3.05, 3.63) is 29.3 Å². The summed E-state index contributed by atoms with van der Waals surface area (Å²) in [6, 6.07) is 6.48. The first-order valence-electron chi connectivity index (χ1n) is 7.82. The number of rotatable bonds is 7. The monoisotopic (exact) mass is 342 g/mol. The number of hydrogen-bond donors (Lipinski definition) is 2. The number of hydrogen-bond acceptors (Lipinski definition) is 3. The van der Waals surface area contributed by atoms with Gasteiger partial charge in [0.25, 0.3) is 0 Å². The summed E-state index contributed by atoms with van der Waals surface area (Å²) in [5.74, 6) is 1.77. The van der Waals surface area contributed by atoms with Crippen molar-refractivity contribution in [2.75, 3.05) is 25.4 Å². The van der Waals surface area contributed by atoms with E-state index in [2.05, 4.69) is 42.7 Å². The summed E-state index contributed by atoms with van der Waals surface area (Å²) >= 11 is 1.76. The Kier molecular flexibility index (Phi) is 8.91. The second-order valence-electron chi connectivity index (χ2n) is 5.84. The molecule has 124 valence electrons. The summed E-state index contributed by atoms with van der Waals surface area (Å²) in [7, 11) is 0. The first-order valence-corrected chi connectivity index (χ1v) is 8.81. The summed E-state index contributed by atoms with van der Waals surface area (Å²) in [5, 5.41) is 6.39. The van der Waals surface area contributed by atoms with Crippen LogP contribution in [0.3, 0.4) is 0 Å². The third-order valence-corrected chi connectivity index (χ3v) is 5.11. The molecule has 1 aromatic carbocycles. The number of halogens is 1. The molecular formula is C17H27ClN2OS. The molecule has 1 heterocycles. The van der Waals surface area contributed by atoms with Gasteiger partial charge in [0, 0.05) is 23.6 Å². The zero-order valence-corrected chi connectivity index (χ0v) is 15.1. The molecule has 0 aromatic heterocycles. The number of amides is 1. The smallest absolute Gasteiger partial charge is 0.220 e. The number of benzene rings is 1. The van der Waals surface area contributed by atoms with Crippen LogP contribution in [0, 0.1) is 19.8 Å². The molecule has 1 amide bonds. The molecule has 2 N–H and O–H groups in total. The second-order valence-corrected chi connectivity index (χ2v) is 7.01. The minimum absolute atomic E-state index is 0. The van der Waals surface area contributed by atoms with Gasteiger partial charge in [-0.15, -0.1) is 24.2 Å². The Morgan fingerprint density at radius 1 is 1.36 bits per heavy atom.